The second-order valence-electron chi connectivity index (χ2n) is 5.40. The van der Waals surface area contributed by atoms with E-state index in [1.807, 2.05) is 18.2 Å². The van der Waals surface area contributed by atoms with Gasteiger partial charge in [-0.15, -0.1) is 0 Å². The summed E-state index contributed by atoms with van der Waals surface area (Å²) >= 11 is 0. The molecule has 0 amide bonds. The van der Waals surface area contributed by atoms with Crippen LogP contribution in [-0.2, 0) is 9.47 Å². The monoisotopic (exact) mass is 263 g/mol. The lowest BCUT2D eigenvalue weighted by atomic mass is 9.89. The van der Waals surface area contributed by atoms with Gasteiger partial charge in [-0.2, -0.15) is 0 Å². The van der Waals surface area contributed by atoms with Crippen LogP contribution < -0.4 is 10.1 Å². The van der Waals surface area contributed by atoms with Crippen molar-refractivity contribution < 1.29 is 14.2 Å². The lowest BCUT2D eigenvalue weighted by molar-refractivity contribution is -0.0828. The number of nitrogens with one attached hydrogen (secondary N) is 1. The van der Waals surface area contributed by atoms with Crippen LogP contribution in [-0.4, -0.2) is 38.6 Å². The summed E-state index contributed by atoms with van der Waals surface area (Å²) in [6.45, 7) is 2.38. The molecular weight excluding hydrogens is 242 g/mol. The zero-order chi connectivity index (χ0) is 13.1. The molecule has 4 nitrogen and oxygen atoms in total. The Morgan fingerprint density at radius 1 is 1.37 bits per heavy atom. The zero-order valence-corrected chi connectivity index (χ0v) is 11.4. The number of methoxy groups -OCH3 is 1. The van der Waals surface area contributed by atoms with Gasteiger partial charge in [0.1, 0.15) is 5.75 Å². The standard InChI is InChI=1S/C15H21NO3/c1-17-14-4-2-3-12(9-14)16-13-5-7-19-15(10-13)6-8-18-11-15/h2-4,9,13,16H,5-8,10-11H2,1H3. The van der Waals surface area contributed by atoms with E-state index in [1.54, 1.807) is 7.11 Å². The highest BCUT2D eigenvalue weighted by Gasteiger charge is 2.40. The Morgan fingerprint density at radius 3 is 3.11 bits per heavy atom. The number of rotatable bonds is 3. The van der Waals surface area contributed by atoms with Crippen LogP contribution in [0, 0.1) is 0 Å². The van der Waals surface area contributed by atoms with Crippen molar-refractivity contribution in [3.63, 3.8) is 0 Å². The van der Waals surface area contributed by atoms with Crippen LogP contribution in [0.5, 0.6) is 5.75 Å². The summed E-state index contributed by atoms with van der Waals surface area (Å²) in [5, 5.41) is 3.59. The van der Waals surface area contributed by atoms with Crippen molar-refractivity contribution in [1.29, 1.82) is 0 Å². The fourth-order valence-corrected chi connectivity index (χ4v) is 2.96. The highest BCUT2D eigenvalue weighted by Crippen LogP contribution is 2.34. The molecule has 1 aromatic rings. The number of hydrogen-bond acceptors (Lipinski definition) is 4. The Kier molecular flexibility index (Phi) is 3.62. The van der Waals surface area contributed by atoms with Crippen LogP contribution in [0.4, 0.5) is 5.69 Å². The Hall–Kier alpha value is -1.26. The van der Waals surface area contributed by atoms with Gasteiger partial charge in [-0.3, -0.25) is 0 Å². The van der Waals surface area contributed by atoms with Gasteiger partial charge in [0.25, 0.3) is 0 Å². The van der Waals surface area contributed by atoms with Gasteiger partial charge in [0.2, 0.25) is 0 Å². The van der Waals surface area contributed by atoms with Gasteiger partial charge in [0.05, 0.1) is 19.3 Å². The maximum Gasteiger partial charge on any atom is 0.120 e. The molecule has 4 heteroatoms. The molecule has 0 saturated carbocycles. The molecule has 0 radical (unpaired) electrons. The summed E-state index contributed by atoms with van der Waals surface area (Å²) in [7, 11) is 1.69. The van der Waals surface area contributed by atoms with Crippen LogP contribution >= 0.6 is 0 Å². The van der Waals surface area contributed by atoms with E-state index in [4.69, 9.17) is 14.2 Å². The molecule has 19 heavy (non-hydrogen) atoms. The number of ether oxygens (including phenoxy) is 3. The topological polar surface area (TPSA) is 39.7 Å². The summed E-state index contributed by atoms with van der Waals surface area (Å²) in [5.41, 5.74) is 1.06. The van der Waals surface area contributed by atoms with Gasteiger partial charge in [-0.05, 0) is 25.0 Å². The van der Waals surface area contributed by atoms with Crippen LogP contribution in [0.25, 0.3) is 0 Å². The van der Waals surface area contributed by atoms with Crippen molar-refractivity contribution in [2.45, 2.75) is 30.9 Å². The first-order chi connectivity index (χ1) is 9.30. The largest absolute Gasteiger partial charge is 0.497 e. The summed E-state index contributed by atoms with van der Waals surface area (Å²) in [4.78, 5) is 0. The quantitative estimate of drug-likeness (QED) is 0.909. The van der Waals surface area contributed by atoms with E-state index in [9.17, 15) is 0 Å². The van der Waals surface area contributed by atoms with E-state index >= 15 is 0 Å². The molecule has 1 aromatic carbocycles. The minimum atomic E-state index is -0.0468. The second-order valence-corrected chi connectivity index (χ2v) is 5.40. The van der Waals surface area contributed by atoms with Crippen molar-refractivity contribution in [3.8, 4) is 5.75 Å². The highest BCUT2D eigenvalue weighted by molar-refractivity contribution is 5.49. The summed E-state index contributed by atoms with van der Waals surface area (Å²) in [6, 6.07) is 8.53. The average Bonchev–Trinajstić information content (AvgIpc) is 2.87. The van der Waals surface area contributed by atoms with E-state index in [0.29, 0.717) is 6.04 Å². The third kappa shape index (κ3) is 2.85. The molecule has 2 saturated heterocycles. The zero-order valence-electron chi connectivity index (χ0n) is 11.4. The van der Waals surface area contributed by atoms with Gasteiger partial charge in [-0.1, -0.05) is 6.07 Å². The molecule has 3 rings (SSSR count). The average molecular weight is 263 g/mol. The molecule has 1 spiro atoms. The minimum absolute atomic E-state index is 0.0468. The molecule has 2 unspecified atom stereocenters. The molecular formula is C15H21NO3. The lowest BCUT2D eigenvalue weighted by Crippen LogP contribution is -2.44. The van der Waals surface area contributed by atoms with Crippen LogP contribution in [0.15, 0.2) is 24.3 Å². The SMILES string of the molecule is COc1cccc(NC2CCOC3(CCOC3)C2)c1. The van der Waals surface area contributed by atoms with Gasteiger partial charge in [-0.25, -0.2) is 0 Å². The first kappa shape index (κ1) is 12.8. The predicted molar refractivity (Wildman–Crippen MR) is 73.8 cm³/mol. The molecule has 2 heterocycles. The molecule has 104 valence electrons. The normalized spacial score (nSPS) is 30.5. The van der Waals surface area contributed by atoms with E-state index in [0.717, 1.165) is 50.5 Å². The predicted octanol–water partition coefficient (Wildman–Crippen LogP) is 2.45. The number of anilines is 1. The molecule has 0 aliphatic carbocycles. The van der Waals surface area contributed by atoms with Gasteiger partial charge in [0.15, 0.2) is 0 Å². The van der Waals surface area contributed by atoms with Crippen molar-refractivity contribution in [2.75, 3.05) is 32.2 Å². The molecule has 0 bridgehead atoms. The Bertz CT molecular complexity index is 429. The van der Waals surface area contributed by atoms with E-state index in [1.165, 1.54) is 0 Å². The summed E-state index contributed by atoms with van der Waals surface area (Å²) < 4.78 is 16.7. The highest BCUT2D eigenvalue weighted by atomic mass is 16.6. The smallest absolute Gasteiger partial charge is 0.120 e. The van der Waals surface area contributed by atoms with Crippen LogP contribution in [0.2, 0.25) is 0 Å². The fourth-order valence-electron chi connectivity index (χ4n) is 2.96. The van der Waals surface area contributed by atoms with Crippen LogP contribution in [0.3, 0.4) is 0 Å². The van der Waals surface area contributed by atoms with E-state index < -0.39 is 0 Å². The Labute approximate surface area is 114 Å². The van der Waals surface area contributed by atoms with E-state index in [2.05, 4.69) is 11.4 Å². The molecule has 2 fully saturated rings. The lowest BCUT2D eigenvalue weighted by Gasteiger charge is -2.37. The Balaban J connectivity index is 1.65. The first-order valence-electron chi connectivity index (χ1n) is 6.92. The number of hydrogen-bond donors (Lipinski definition) is 1. The van der Waals surface area contributed by atoms with Gasteiger partial charge in [0, 0.05) is 37.4 Å². The molecule has 2 aliphatic heterocycles. The molecule has 0 aromatic heterocycles. The second kappa shape index (κ2) is 5.39. The molecule has 1 N–H and O–H groups in total. The van der Waals surface area contributed by atoms with Gasteiger partial charge >= 0.3 is 0 Å². The van der Waals surface area contributed by atoms with Crippen molar-refractivity contribution in [2.24, 2.45) is 0 Å². The maximum atomic E-state index is 5.95. The fraction of sp³-hybridized carbons (Fsp3) is 0.600. The van der Waals surface area contributed by atoms with E-state index in [-0.39, 0.29) is 5.60 Å². The van der Waals surface area contributed by atoms with Gasteiger partial charge < -0.3 is 19.5 Å². The third-order valence-electron chi connectivity index (χ3n) is 4.00. The summed E-state index contributed by atoms with van der Waals surface area (Å²) in [6.07, 6.45) is 3.08. The van der Waals surface area contributed by atoms with Crippen molar-refractivity contribution >= 4 is 5.69 Å². The maximum absolute atomic E-state index is 5.95. The molecule has 2 atom stereocenters. The first-order valence-corrected chi connectivity index (χ1v) is 6.92. The molecule has 2 aliphatic rings. The summed E-state index contributed by atoms with van der Waals surface area (Å²) in [5.74, 6) is 0.885. The van der Waals surface area contributed by atoms with Crippen molar-refractivity contribution in [1.82, 2.24) is 0 Å². The Morgan fingerprint density at radius 2 is 2.32 bits per heavy atom. The number of benzene rings is 1. The minimum Gasteiger partial charge on any atom is -0.497 e. The third-order valence-corrected chi connectivity index (χ3v) is 4.00. The van der Waals surface area contributed by atoms with Crippen LogP contribution in [0.1, 0.15) is 19.3 Å². The van der Waals surface area contributed by atoms with Crippen molar-refractivity contribution in [3.05, 3.63) is 24.3 Å².